The van der Waals surface area contributed by atoms with Gasteiger partial charge in [0.25, 0.3) is 17.7 Å². The lowest BCUT2D eigenvalue weighted by Crippen LogP contribution is -2.48. The zero-order valence-electron chi connectivity index (χ0n) is 53.1. The minimum atomic E-state index is -1.06. The Hall–Kier alpha value is -7.65. The smallest absolute Gasteiger partial charge is 0.310 e. The highest BCUT2D eigenvalue weighted by atomic mass is 35.5. The average molecular weight is 1490 g/mol. The van der Waals surface area contributed by atoms with Gasteiger partial charge in [0.2, 0.25) is 17.7 Å². The number of methoxy groups -OCH3 is 3. The Labute approximate surface area is 597 Å². The number of halogens is 6. The first-order chi connectivity index (χ1) is 45.4. The van der Waals surface area contributed by atoms with Gasteiger partial charge in [-0.25, -0.2) is 0 Å². The Morgan fingerprint density at radius 3 is 0.740 bits per heavy atom. The van der Waals surface area contributed by atoms with Crippen LogP contribution in [0, 0.1) is 0 Å². The highest BCUT2D eigenvalue weighted by molar-refractivity contribution is 8.14. The highest BCUT2D eigenvalue weighted by Crippen LogP contribution is 2.43. The zero-order chi connectivity index (χ0) is 71.5. The molecule has 0 heterocycles. The largest absolute Gasteiger partial charge is 0.469 e. The lowest BCUT2D eigenvalue weighted by Gasteiger charge is -2.30. The standard InChI is InChI=1S/3C22H22Cl2N2O5S/c3*1-13(27)25-18(12-32-14(2)28)22(30)26(21-16(23)8-6-9-17(21)24)19-10-5-4-7-15(19)11-20(29)31-3/h3*4-10,18H,11-12H2,1-3H3,(H,25,27)/t2*18-;/m10./s1. The molecule has 510 valence electrons. The van der Waals surface area contributed by atoms with Crippen molar-refractivity contribution in [3.8, 4) is 0 Å². The van der Waals surface area contributed by atoms with Gasteiger partial charge in [0, 0.05) is 58.8 Å². The molecule has 30 heteroatoms. The van der Waals surface area contributed by atoms with Crippen molar-refractivity contribution in [2.75, 3.05) is 53.3 Å². The molecule has 0 aliphatic heterocycles. The van der Waals surface area contributed by atoms with Gasteiger partial charge in [-0.05, 0) is 71.3 Å². The van der Waals surface area contributed by atoms with Gasteiger partial charge in [0.05, 0.1) is 105 Å². The van der Waals surface area contributed by atoms with E-state index in [1.54, 1.807) is 127 Å². The highest BCUT2D eigenvalue weighted by Gasteiger charge is 2.36. The number of ether oxygens (including phenoxy) is 3. The summed E-state index contributed by atoms with van der Waals surface area (Å²) in [5.41, 5.74) is 3.10. The van der Waals surface area contributed by atoms with Crippen LogP contribution in [0.4, 0.5) is 34.1 Å². The number of thioether (sulfide) groups is 3. The van der Waals surface area contributed by atoms with Crippen LogP contribution in [0.5, 0.6) is 0 Å². The molecular formula is C66H66Cl6N6O15S3. The SMILES string of the molecule is COC(=O)Cc1ccccc1N(C(=O)C(CSC(C)=O)NC(C)=O)c1c(Cl)cccc1Cl.COC(=O)Cc1ccccc1N(C(=O)[C@@H](CSC(C)=O)NC(C)=O)c1c(Cl)cccc1Cl.COC(=O)Cc1ccccc1N(C(=O)[C@H](CSC(C)=O)NC(C)=O)c1c(Cl)cccc1Cl. The van der Waals surface area contributed by atoms with E-state index in [4.69, 9.17) is 83.8 Å². The predicted molar refractivity (Wildman–Crippen MR) is 380 cm³/mol. The van der Waals surface area contributed by atoms with Crippen molar-refractivity contribution in [2.45, 2.75) is 78.9 Å². The van der Waals surface area contributed by atoms with E-state index in [-0.39, 0.29) is 99.1 Å². The van der Waals surface area contributed by atoms with Crippen molar-refractivity contribution in [1.29, 1.82) is 0 Å². The summed E-state index contributed by atoms with van der Waals surface area (Å²) in [6, 6.07) is 31.3. The van der Waals surface area contributed by atoms with E-state index in [1.165, 1.54) is 77.6 Å². The summed E-state index contributed by atoms with van der Waals surface area (Å²) in [4.78, 5) is 151. The van der Waals surface area contributed by atoms with Crippen LogP contribution in [0.15, 0.2) is 127 Å². The van der Waals surface area contributed by atoms with E-state index >= 15 is 0 Å². The third-order valence-electron chi connectivity index (χ3n) is 12.9. The van der Waals surface area contributed by atoms with E-state index in [9.17, 15) is 57.5 Å². The molecule has 6 aromatic carbocycles. The summed E-state index contributed by atoms with van der Waals surface area (Å²) in [6.45, 7) is 7.93. The van der Waals surface area contributed by atoms with E-state index in [0.29, 0.717) is 33.8 Å². The molecule has 3 atom stereocenters. The lowest BCUT2D eigenvalue weighted by atomic mass is 10.1. The number of carbonyl (C=O) groups excluding carboxylic acids is 12. The Morgan fingerprint density at radius 1 is 0.344 bits per heavy atom. The molecule has 0 bridgehead atoms. The first-order valence-electron chi connectivity index (χ1n) is 28.5. The summed E-state index contributed by atoms with van der Waals surface area (Å²) >= 11 is 41.3. The molecule has 0 spiro atoms. The molecule has 6 amide bonds. The third-order valence-corrected chi connectivity index (χ3v) is 17.5. The maximum atomic E-state index is 13.8. The number of rotatable bonds is 24. The number of amides is 6. The second kappa shape index (κ2) is 40.2. The Bertz CT molecular complexity index is 3420. The number of hydrogen-bond donors (Lipinski definition) is 3. The normalized spacial score (nSPS) is 11.4. The number of hydrogen-bond acceptors (Lipinski definition) is 18. The molecular weight excluding hydrogens is 1430 g/mol. The Balaban J connectivity index is 0.000000306. The second-order valence-electron chi connectivity index (χ2n) is 20.0. The van der Waals surface area contributed by atoms with Crippen molar-refractivity contribution >= 4 is 208 Å². The summed E-state index contributed by atoms with van der Waals surface area (Å²) in [7, 11) is 3.81. The summed E-state index contributed by atoms with van der Waals surface area (Å²) in [5.74, 6) is -4.52. The van der Waals surface area contributed by atoms with Crippen LogP contribution in [0.1, 0.15) is 58.2 Å². The molecule has 0 fully saturated rings. The van der Waals surface area contributed by atoms with Crippen LogP contribution in [-0.4, -0.2) is 125 Å². The Kier molecular flexibility index (Phi) is 33.8. The third kappa shape index (κ3) is 24.5. The zero-order valence-corrected chi connectivity index (χ0v) is 60.0. The van der Waals surface area contributed by atoms with Gasteiger partial charge in [0.1, 0.15) is 18.1 Å². The van der Waals surface area contributed by atoms with E-state index in [1.807, 2.05) is 0 Å². The van der Waals surface area contributed by atoms with Crippen LogP contribution in [0.25, 0.3) is 0 Å². The summed E-state index contributed by atoms with van der Waals surface area (Å²) in [5, 5.41) is 8.30. The average Bonchev–Trinajstić information content (AvgIpc) is 0.797. The molecule has 3 N–H and O–H groups in total. The monoisotopic (exact) mass is 1490 g/mol. The number of esters is 3. The topological polar surface area (TPSA) is 278 Å². The minimum absolute atomic E-state index is 0.00544. The molecule has 0 aliphatic rings. The minimum Gasteiger partial charge on any atom is -0.469 e. The molecule has 0 saturated carbocycles. The fourth-order valence-electron chi connectivity index (χ4n) is 8.80. The molecule has 6 aromatic rings. The van der Waals surface area contributed by atoms with Gasteiger partial charge >= 0.3 is 17.9 Å². The quantitative estimate of drug-likeness (QED) is 0.0375. The van der Waals surface area contributed by atoms with Crippen LogP contribution in [-0.2, 0) is 91.0 Å². The van der Waals surface area contributed by atoms with E-state index in [2.05, 4.69) is 16.0 Å². The number of benzene rings is 6. The van der Waals surface area contributed by atoms with Gasteiger partial charge in [-0.2, -0.15) is 0 Å². The fraction of sp³-hybridized carbons (Fsp3) is 0.273. The molecule has 0 aliphatic carbocycles. The molecule has 96 heavy (non-hydrogen) atoms. The summed E-state index contributed by atoms with van der Waals surface area (Å²) < 4.78 is 14.3. The molecule has 21 nitrogen and oxygen atoms in total. The van der Waals surface area contributed by atoms with Gasteiger partial charge in [-0.3, -0.25) is 72.2 Å². The van der Waals surface area contributed by atoms with Gasteiger partial charge in [-0.1, -0.05) is 178 Å². The maximum Gasteiger partial charge on any atom is 0.310 e. The second-order valence-corrected chi connectivity index (χ2v) is 26.1. The van der Waals surface area contributed by atoms with Crippen LogP contribution >= 0.6 is 105 Å². The van der Waals surface area contributed by atoms with Crippen LogP contribution < -0.4 is 30.7 Å². The van der Waals surface area contributed by atoms with Crippen LogP contribution in [0.3, 0.4) is 0 Å². The number of nitrogens with one attached hydrogen (secondary N) is 3. The van der Waals surface area contributed by atoms with E-state index in [0.717, 1.165) is 35.3 Å². The molecule has 0 aromatic heterocycles. The fourth-order valence-corrected chi connectivity index (χ4v) is 12.4. The first-order valence-corrected chi connectivity index (χ1v) is 33.7. The van der Waals surface area contributed by atoms with E-state index < -0.39 is 71.5 Å². The Morgan fingerprint density at radius 2 is 0.552 bits per heavy atom. The van der Waals surface area contributed by atoms with Crippen molar-refractivity contribution in [3.63, 3.8) is 0 Å². The van der Waals surface area contributed by atoms with Gasteiger partial charge in [0.15, 0.2) is 15.3 Å². The number of carbonyl (C=O) groups is 12. The van der Waals surface area contributed by atoms with Crippen molar-refractivity contribution in [2.24, 2.45) is 0 Å². The molecule has 0 radical (unpaired) electrons. The lowest BCUT2D eigenvalue weighted by molar-refractivity contribution is -0.140. The van der Waals surface area contributed by atoms with Crippen molar-refractivity contribution in [1.82, 2.24) is 16.0 Å². The van der Waals surface area contributed by atoms with Crippen molar-refractivity contribution in [3.05, 3.63) is 174 Å². The van der Waals surface area contributed by atoms with Crippen LogP contribution in [0.2, 0.25) is 30.1 Å². The number of anilines is 6. The molecule has 0 saturated heterocycles. The van der Waals surface area contributed by atoms with Gasteiger partial charge in [-0.15, -0.1) is 0 Å². The molecule has 1 unspecified atom stereocenters. The maximum absolute atomic E-state index is 13.8. The summed E-state index contributed by atoms with van der Waals surface area (Å²) in [6.07, 6.45) is -0.317. The predicted octanol–water partition coefficient (Wildman–Crippen LogP) is 12.5. The first kappa shape index (κ1) is 80.8. The molecule has 6 rings (SSSR count). The van der Waals surface area contributed by atoms with Gasteiger partial charge < -0.3 is 30.2 Å². The van der Waals surface area contributed by atoms with Crippen molar-refractivity contribution < 1.29 is 71.7 Å². The number of nitrogens with zero attached hydrogens (tertiary/aromatic N) is 3. The number of para-hydroxylation sites is 6.